The number of likely N-dealkylation sites (tertiary alicyclic amines) is 2. The molecule has 1 amide bonds. The fourth-order valence-corrected chi connectivity index (χ4v) is 4.59. The topological polar surface area (TPSA) is 23.6 Å². The molecule has 2 heterocycles. The van der Waals surface area contributed by atoms with Crippen molar-refractivity contribution in [3.63, 3.8) is 0 Å². The third-order valence-electron chi connectivity index (χ3n) is 5.90. The van der Waals surface area contributed by atoms with Gasteiger partial charge in [-0.05, 0) is 87.7 Å². The van der Waals surface area contributed by atoms with Crippen molar-refractivity contribution in [1.82, 2.24) is 9.80 Å². The largest absolute Gasteiger partial charge is 0.334 e. The summed E-state index contributed by atoms with van der Waals surface area (Å²) in [6.07, 6.45) is 9.88. The Morgan fingerprint density at radius 1 is 0.957 bits per heavy atom. The quantitative estimate of drug-likeness (QED) is 0.855. The van der Waals surface area contributed by atoms with Crippen LogP contribution in [0.1, 0.15) is 60.0 Å². The molecule has 1 unspecified atom stereocenters. The van der Waals surface area contributed by atoms with Crippen molar-refractivity contribution >= 4 is 5.91 Å². The molecule has 1 aromatic rings. The highest BCUT2D eigenvalue weighted by molar-refractivity contribution is 5.95. The van der Waals surface area contributed by atoms with E-state index < -0.39 is 0 Å². The highest BCUT2D eigenvalue weighted by atomic mass is 16.2. The van der Waals surface area contributed by atoms with E-state index in [1.165, 1.54) is 62.7 Å². The maximum atomic E-state index is 13.0. The fourth-order valence-electron chi connectivity index (χ4n) is 4.59. The van der Waals surface area contributed by atoms with E-state index in [1.54, 1.807) is 0 Å². The normalized spacial score (nSPS) is 24.9. The Bertz CT molecular complexity index is 577. The lowest BCUT2D eigenvalue weighted by molar-refractivity contribution is 0.0708. The molecule has 2 aliphatic heterocycles. The second-order valence-electron chi connectivity index (χ2n) is 7.49. The zero-order valence-corrected chi connectivity index (χ0v) is 14.1. The van der Waals surface area contributed by atoms with E-state index in [0.717, 1.165) is 31.5 Å². The molecule has 1 aliphatic carbocycles. The van der Waals surface area contributed by atoms with Gasteiger partial charge in [0.1, 0.15) is 0 Å². The van der Waals surface area contributed by atoms with Crippen molar-refractivity contribution in [3.05, 3.63) is 34.9 Å². The van der Waals surface area contributed by atoms with Crippen LogP contribution in [0, 0.1) is 0 Å². The molecular formula is C20H28N2O. The van der Waals surface area contributed by atoms with Crippen LogP contribution in [-0.2, 0) is 12.8 Å². The number of rotatable bonds is 3. The summed E-state index contributed by atoms with van der Waals surface area (Å²) < 4.78 is 0. The molecule has 0 bridgehead atoms. The van der Waals surface area contributed by atoms with Crippen LogP contribution in [0.4, 0.5) is 0 Å². The van der Waals surface area contributed by atoms with Crippen LogP contribution < -0.4 is 0 Å². The molecular weight excluding hydrogens is 284 g/mol. The van der Waals surface area contributed by atoms with Gasteiger partial charge >= 0.3 is 0 Å². The maximum Gasteiger partial charge on any atom is 0.254 e. The second-order valence-corrected chi connectivity index (χ2v) is 7.49. The predicted molar refractivity (Wildman–Crippen MR) is 92.8 cm³/mol. The number of hydrogen-bond donors (Lipinski definition) is 0. The lowest BCUT2D eigenvalue weighted by Gasteiger charge is -2.29. The van der Waals surface area contributed by atoms with Crippen LogP contribution in [-0.4, -0.2) is 47.9 Å². The van der Waals surface area contributed by atoms with Gasteiger partial charge in [0.15, 0.2) is 0 Å². The molecule has 0 radical (unpaired) electrons. The van der Waals surface area contributed by atoms with E-state index >= 15 is 0 Å². The molecule has 1 aromatic carbocycles. The zero-order chi connectivity index (χ0) is 15.6. The molecule has 0 aromatic heterocycles. The lowest BCUT2D eigenvalue weighted by Crippen LogP contribution is -2.42. The minimum Gasteiger partial charge on any atom is -0.334 e. The molecule has 1 atom stereocenters. The summed E-state index contributed by atoms with van der Waals surface area (Å²) in [6.45, 7) is 4.46. The second kappa shape index (κ2) is 6.64. The van der Waals surface area contributed by atoms with E-state index in [9.17, 15) is 4.79 Å². The number of amides is 1. The standard InChI is InChI=1S/C20H28N2O/c23-20(18-10-9-16-6-1-2-7-17(16)14-18)22-13-5-8-19(22)15-21-11-3-4-12-21/h9-10,14,19H,1-8,11-13,15H2. The average molecular weight is 312 g/mol. The Morgan fingerprint density at radius 2 is 1.74 bits per heavy atom. The van der Waals surface area contributed by atoms with Crippen molar-refractivity contribution in [3.8, 4) is 0 Å². The Morgan fingerprint density at radius 3 is 2.57 bits per heavy atom. The summed E-state index contributed by atoms with van der Waals surface area (Å²) in [5.74, 6) is 0.264. The van der Waals surface area contributed by atoms with Gasteiger partial charge in [0.25, 0.3) is 5.91 Å². The lowest BCUT2D eigenvalue weighted by atomic mass is 9.90. The first kappa shape index (κ1) is 15.2. The minimum absolute atomic E-state index is 0.264. The van der Waals surface area contributed by atoms with Crippen LogP contribution in [0.2, 0.25) is 0 Å². The first-order valence-electron chi connectivity index (χ1n) is 9.46. The molecule has 3 aliphatic rings. The smallest absolute Gasteiger partial charge is 0.254 e. The Kier molecular flexibility index (Phi) is 4.39. The number of aryl methyl sites for hydroxylation is 2. The van der Waals surface area contributed by atoms with E-state index in [-0.39, 0.29) is 5.91 Å². The highest BCUT2D eigenvalue weighted by Crippen LogP contribution is 2.26. The molecule has 23 heavy (non-hydrogen) atoms. The molecule has 3 heteroatoms. The van der Waals surface area contributed by atoms with Gasteiger partial charge in [-0.25, -0.2) is 0 Å². The predicted octanol–water partition coefficient (Wildman–Crippen LogP) is 3.27. The van der Waals surface area contributed by atoms with Gasteiger partial charge in [-0.1, -0.05) is 6.07 Å². The van der Waals surface area contributed by atoms with Gasteiger partial charge in [-0.2, -0.15) is 0 Å². The van der Waals surface area contributed by atoms with Crippen molar-refractivity contribution in [2.75, 3.05) is 26.2 Å². The molecule has 3 nitrogen and oxygen atoms in total. The summed E-state index contributed by atoms with van der Waals surface area (Å²) in [7, 11) is 0. The Labute approximate surface area is 139 Å². The molecule has 2 saturated heterocycles. The third-order valence-corrected chi connectivity index (χ3v) is 5.90. The summed E-state index contributed by atoms with van der Waals surface area (Å²) in [6, 6.07) is 6.88. The third kappa shape index (κ3) is 3.16. The summed E-state index contributed by atoms with van der Waals surface area (Å²) in [4.78, 5) is 17.7. The molecule has 124 valence electrons. The number of fused-ring (bicyclic) bond motifs is 1. The number of hydrogen-bond acceptors (Lipinski definition) is 2. The van der Waals surface area contributed by atoms with Crippen molar-refractivity contribution in [2.45, 2.75) is 57.4 Å². The Balaban J connectivity index is 1.48. The van der Waals surface area contributed by atoms with Gasteiger partial charge in [-0.15, -0.1) is 0 Å². The van der Waals surface area contributed by atoms with E-state index in [1.807, 2.05) is 0 Å². The maximum absolute atomic E-state index is 13.0. The number of carbonyl (C=O) groups is 1. The minimum atomic E-state index is 0.264. The Hall–Kier alpha value is -1.35. The van der Waals surface area contributed by atoms with Gasteiger partial charge in [0.2, 0.25) is 0 Å². The molecule has 2 fully saturated rings. The van der Waals surface area contributed by atoms with E-state index in [0.29, 0.717) is 6.04 Å². The molecule has 4 rings (SSSR count). The SMILES string of the molecule is O=C(c1ccc2c(c1)CCCC2)N1CCCC1CN1CCCC1. The van der Waals surface area contributed by atoms with Gasteiger partial charge in [0, 0.05) is 24.7 Å². The monoisotopic (exact) mass is 312 g/mol. The fraction of sp³-hybridized carbons (Fsp3) is 0.650. The van der Waals surface area contributed by atoms with Crippen LogP contribution in [0.15, 0.2) is 18.2 Å². The highest BCUT2D eigenvalue weighted by Gasteiger charge is 2.31. The first-order chi connectivity index (χ1) is 11.3. The summed E-state index contributed by atoms with van der Waals surface area (Å²) in [5.41, 5.74) is 3.79. The summed E-state index contributed by atoms with van der Waals surface area (Å²) >= 11 is 0. The van der Waals surface area contributed by atoms with Gasteiger partial charge in [-0.3, -0.25) is 4.79 Å². The van der Waals surface area contributed by atoms with Crippen molar-refractivity contribution < 1.29 is 4.79 Å². The number of benzene rings is 1. The van der Waals surface area contributed by atoms with Crippen molar-refractivity contribution in [1.29, 1.82) is 0 Å². The molecule has 0 saturated carbocycles. The zero-order valence-electron chi connectivity index (χ0n) is 14.1. The van der Waals surface area contributed by atoms with Crippen LogP contribution in [0.25, 0.3) is 0 Å². The first-order valence-corrected chi connectivity index (χ1v) is 9.46. The molecule has 0 spiro atoms. The van der Waals surface area contributed by atoms with Crippen LogP contribution in [0.5, 0.6) is 0 Å². The van der Waals surface area contributed by atoms with E-state index in [4.69, 9.17) is 0 Å². The number of nitrogens with zero attached hydrogens (tertiary/aromatic N) is 2. The van der Waals surface area contributed by atoms with E-state index in [2.05, 4.69) is 28.0 Å². The van der Waals surface area contributed by atoms with Crippen molar-refractivity contribution in [2.24, 2.45) is 0 Å². The van der Waals surface area contributed by atoms with Gasteiger partial charge in [0.05, 0.1) is 0 Å². The van der Waals surface area contributed by atoms with Gasteiger partial charge < -0.3 is 9.80 Å². The number of carbonyl (C=O) groups excluding carboxylic acids is 1. The molecule has 0 N–H and O–H groups in total. The van der Waals surface area contributed by atoms with Crippen LogP contribution in [0.3, 0.4) is 0 Å². The van der Waals surface area contributed by atoms with Crippen LogP contribution >= 0.6 is 0 Å². The average Bonchev–Trinajstić information content (AvgIpc) is 3.26. The summed E-state index contributed by atoms with van der Waals surface area (Å²) in [5, 5.41) is 0.